The Labute approximate surface area is 117 Å². The molecule has 0 unspecified atom stereocenters. The largest absolute Gasteiger partial charge is 0.368 e. The number of nitrogens with one attached hydrogen (secondary N) is 1. The highest BCUT2D eigenvalue weighted by Gasteiger charge is 2.23. The van der Waals surface area contributed by atoms with Crippen molar-refractivity contribution in [2.75, 3.05) is 0 Å². The van der Waals surface area contributed by atoms with Gasteiger partial charge in [-0.05, 0) is 28.8 Å². The molecule has 2 aromatic rings. The number of rotatable bonds is 1. The van der Waals surface area contributed by atoms with Gasteiger partial charge in [0.2, 0.25) is 0 Å². The summed E-state index contributed by atoms with van der Waals surface area (Å²) in [5.41, 5.74) is 3.79. The predicted octanol–water partition coefficient (Wildman–Crippen LogP) is 3.90. The maximum atomic E-state index is 5.93. The van der Waals surface area contributed by atoms with E-state index in [0.717, 1.165) is 16.4 Å². The van der Waals surface area contributed by atoms with Crippen molar-refractivity contribution >= 4 is 28.8 Å². The first-order chi connectivity index (χ1) is 8.74. The summed E-state index contributed by atoms with van der Waals surface area (Å²) in [5, 5.41) is 4.15. The fraction of sp³-hybridized carbons (Fsp3) is 0.133. The molecule has 18 heavy (non-hydrogen) atoms. The van der Waals surface area contributed by atoms with Crippen LogP contribution in [-0.4, -0.2) is 4.99 Å². The average molecular weight is 274 g/mol. The normalized spacial score (nSPS) is 18.1. The lowest BCUT2D eigenvalue weighted by Gasteiger charge is -2.28. The lowest BCUT2D eigenvalue weighted by molar-refractivity contribution is 0.731. The highest BCUT2D eigenvalue weighted by molar-refractivity contribution is 7.80. The average Bonchev–Trinajstić information content (AvgIpc) is 2.38. The van der Waals surface area contributed by atoms with E-state index in [9.17, 15) is 0 Å². The van der Waals surface area contributed by atoms with Crippen molar-refractivity contribution in [2.45, 2.75) is 12.5 Å². The first kappa shape index (κ1) is 11.7. The molecular weight excluding hydrogens is 262 g/mol. The second-order valence-electron chi connectivity index (χ2n) is 4.43. The van der Waals surface area contributed by atoms with Crippen molar-refractivity contribution in [3.63, 3.8) is 0 Å². The Bertz CT molecular complexity index is 592. The molecule has 0 radical (unpaired) electrons. The van der Waals surface area contributed by atoms with Gasteiger partial charge >= 0.3 is 0 Å². The van der Waals surface area contributed by atoms with Crippen LogP contribution in [0.2, 0.25) is 5.02 Å². The van der Waals surface area contributed by atoms with E-state index in [-0.39, 0.29) is 6.04 Å². The van der Waals surface area contributed by atoms with Gasteiger partial charge < -0.3 is 5.32 Å². The second-order valence-corrected chi connectivity index (χ2v) is 5.36. The third kappa shape index (κ3) is 2.14. The molecule has 0 bridgehead atoms. The fourth-order valence-corrected chi connectivity index (χ4v) is 2.76. The van der Waals surface area contributed by atoms with E-state index in [2.05, 4.69) is 29.6 Å². The van der Waals surface area contributed by atoms with Crippen molar-refractivity contribution in [3.8, 4) is 0 Å². The smallest absolute Gasteiger partial charge is 0.0805 e. The molecule has 1 aliphatic rings. The van der Waals surface area contributed by atoms with Crippen molar-refractivity contribution < 1.29 is 0 Å². The van der Waals surface area contributed by atoms with E-state index in [1.54, 1.807) is 0 Å². The van der Waals surface area contributed by atoms with Crippen LogP contribution in [0.1, 0.15) is 22.7 Å². The SMILES string of the molecule is S=C1Cc2ccccc2[C@H](c2ccc(Cl)cc2)N1. The van der Waals surface area contributed by atoms with Gasteiger partial charge in [0, 0.05) is 11.4 Å². The van der Waals surface area contributed by atoms with E-state index in [1.807, 2.05) is 24.3 Å². The summed E-state index contributed by atoms with van der Waals surface area (Å²) in [6.45, 7) is 0. The van der Waals surface area contributed by atoms with Gasteiger partial charge in [-0.15, -0.1) is 0 Å². The standard InChI is InChI=1S/C15H12ClNS/c16-12-7-5-10(6-8-12)15-13-4-2-1-3-11(13)9-14(18)17-15/h1-8,15H,9H2,(H,17,18)/t15-/m0/s1. The number of hydrogen-bond acceptors (Lipinski definition) is 1. The van der Waals surface area contributed by atoms with Gasteiger partial charge in [-0.25, -0.2) is 0 Å². The maximum absolute atomic E-state index is 5.93. The molecule has 0 saturated heterocycles. The molecule has 90 valence electrons. The third-order valence-corrected chi connectivity index (χ3v) is 3.74. The van der Waals surface area contributed by atoms with Gasteiger partial charge in [0.05, 0.1) is 11.0 Å². The molecule has 3 heteroatoms. The molecule has 0 saturated carbocycles. The third-order valence-electron chi connectivity index (χ3n) is 3.23. The van der Waals surface area contributed by atoms with Crippen LogP contribution in [0.3, 0.4) is 0 Å². The Morgan fingerprint density at radius 1 is 1.06 bits per heavy atom. The number of hydrogen-bond donors (Lipinski definition) is 1. The monoisotopic (exact) mass is 273 g/mol. The molecule has 3 rings (SSSR count). The van der Waals surface area contributed by atoms with E-state index in [4.69, 9.17) is 23.8 Å². The molecule has 0 amide bonds. The Morgan fingerprint density at radius 3 is 2.56 bits per heavy atom. The van der Waals surface area contributed by atoms with Gasteiger partial charge in [-0.3, -0.25) is 0 Å². The summed E-state index contributed by atoms with van der Waals surface area (Å²) in [6, 6.07) is 16.5. The van der Waals surface area contributed by atoms with Crippen LogP contribution in [-0.2, 0) is 6.42 Å². The molecule has 0 spiro atoms. The van der Waals surface area contributed by atoms with E-state index in [0.29, 0.717) is 0 Å². The van der Waals surface area contributed by atoms with Crippen molar-refractivity contribution in [1.82, 2.24) is 5.32 Å². The minimum Gasteiger partial charge on any atom is -0.368 e. The highest BCUT2D eigenvalue weighted by atomic mass is 35.5. The van der Waals surface area contributed by atoms with E-state index < -0.39 is 0 Å². The molecular formula is C15H12ClNS. The van der Waals surface area contributed by atoms with Crippen LogP contribution in [0.25, 0.3) is 0 Å². The summed E-state index contributed by atoms with van der Waals surface area (Å²) in [5.74, 6) is 0. The molecule has 1 atom stereocenters. The van der Waals surface area contributed by atoms with Crippen LogP contribution in [0, 0.1) is 0 Å². The van der Waals surface area contributed by atoms with Crippen LogP contribution in [0.15, 0.2) is 48.5 Å². The summed E-state index contributed by atoms with van der Waals surface area (Å²) in [6.07, 6.45) is 0.829. The van der Waals surface area contributed by atoms with E-state index in [1.165, 1.54) is 16.7 Å². The zero-order valence-corrected chi connectivity index (χ0v) is 11.3. The Hall–Kier alpha value is -1.38. The Kier molecular flexibility index (Phi) is 3.06. The molecule has 0 aliphatic carbocycles. The van der Waals surface area contributed by atoms with Gasteiger partial charge in [-0.1, -0.05) is 60.2 Å². The fourth-order valence-electron chi connectivity index (χ4n) is 2.36. The highest BCUT2D eigenvalue weighted by Crippen LogP contribution is 2.29. The lowest BCUT2D eigenvalue weighted by atomic mass is 9.90. The van der Waals surface area contributed by atoms with Gasteiger partial charge in [0.15, 0.2) is 0 Å². The molecule has 0 aromatic heterocycles. The topological polar surface area (TPSA) is 12.0 Å². The summed E-state index contributed by atoms with van der Waals surface area (Å²) in [4.78, 5) is 0.897. The predicted molar refractivity (Wildman–Crippen MR) is 79.2 cm³/mol. The number of thiocarbonyl (C=S) groups is 1. The zero-order chi connectivity index (χ0) is 12.5. The van der Waals surface area contributed by atoms with Crippen molar-refractivity contribution in [3.05, 3.63) is 70.2 Å². The minimum absolute atomic E-state index is 0.139. The molecule has 0 fully saturated rings. The molecule has 1 heterocycles. The summed E-state index contributed by atoms with van der Waals surface area (Å²) >= 11 is 11.3. The molecule has 1 aliphatic heterocycles. The van der Waals surface area contributed by atoms with Crippen LogP contribution in [0.5, 0.6) is 0 Å². The lowest BCUT2D eigenvalue weighted by Crippen LogP contribution is -2.34. The zero-order valence-electron chi connectivity index (χ0n) is 9.69. The number of benzene rings is 2. The van der Waals surface area contributed by atoms with Crippen LogP contribution >= 0.6 is 23.8 Å². The number of halogens is 1. The van der Waals surface area contributed by atoms with E-state index >= 15 is 0 Å². The Morgan fingerprint density at radius 2 is 1.78 bits per heavy atom. The molecule has 1 N–H and O–H groups in total. The summed E-state index contributed by atoms with van der Waals surface area (Å²) in [7, 11) is 0. The Balaban J connectivity index is 2.07. The van der Waals surface area contributed by atoms with Gasteiger partial charge in [0.1, 0.15) is 0 Å². The maximum Gasteiger partial charge on any atom is 0.0805 e. The first-order valence-corrected chi connectivity index (χ1v) is 6.65. The molecule has 2 aromatic carbocycles. The first-order valence-electron chi connectivity index (χ1n) is 5.86. The quantitative estimate of drug-likeness (QED) is 0.791. The van der Waals surface area contributed by atoms with Crippen molar-refractivity contribution in [1.29, 1.82) is 0 Å². The minimum atomic E-state index is 0.139. The van der Waals surface area contributed by atoms with Gasteiger partial charge in [-0.2, -0.15) is 0 Å². The van der Waals surface area contributed by atoms with Crippen molar-refractivity contribution in [2.24, 2.45) is 0 Å². The van der Waals surface area contributed by atoms with Crippen LogP contribution in [0.4, 0.5) is 0 Å². The van der Waals surface area contributed by atoms with Crippen LogP contribution < -0.4 is 5.32 Å². The number of fused-ring (bicyclic) bond motifs is 1. The summed E-state index contributed by atoms with van der Waals surface area (Å²) < 4.78 is 0. The van der Waals surface area contributed by atoms with Gasteiger partial charge in [0.25, 0.3) is 0 Å². The second kappa shape index (κ2) is 4.71. The molecule has 1 nitrogen and oxygen atoms in total.